The molecule has 1 aromatic heterocycles. The molecular formula is C17H24N2. The third-order valence-corrected chi connectivity index (χ3v) is 6.05. The molecule has 4 aliphatic rings. The minimum absolute atomic E-state index is 0.646. The Kier molecular flexibility index (Phi) is 2.70. The van der Waals surface area contributed by atoms with Gasteiger partial charge in [-0.25, -0.2) is 0 Å². The summed E-state index contributed by atoms with van der Waals surface area (Å²) < 4.78 is 0. The van der Waals surface area contributed by atoms with E-state index in [2.05, 4.69) is 11.9 Å². The summed E-state index contributed by atoms with van der Waals surface area (Å²) in [5.41, 5.74) is 10.2. The van der Waals surface area contributed by atoms with E-state index in [0.29, 0.717) is 6.54 Å². The highest BCUT2D eigenvalue weighted by atomic mass is 14.7. The number of pyridine rings is 1. The van der Waals surface area contributed by atoms with Gasteiger partial charge in [-0.05, 0) is 85.3 Å². The van der Waals surface area contributed by atoms with Crippen LogP contribution in [0.15, 0.2) is 12.4 Å². The van der Waals surface area contributed by atoms with Crippen LogP contribution in [0, 0.1) is 30.6 Å². The van der Waals surface area contributed by atoms with Crippen LogP contribution < -0.4 is 5.73 Å². The molecule has 0 saturated heterocycles. The lowest BCUT2D eigenvalue weighted by atomic mass is 9.50. The van der Waals surface area contributed by atoms with Gasteiger partial charge in [-0.2, -0.15) is 0 Å². The van der Waals surface area contributed by atoms with Crippen molar-refractivity contribution >= 4 is 0 Å². The van der Waals surface area contributed by atoms with E-state index in [1.54, 1.807) is 5.56 Å². The van der Waals surface area contributed by atoms with Gasteiger partial charge in [0.25, 0.3) is 0 Å². The maximum absolute atomic E-state index is 5.97. The second-order valence-electron chi connectivity index (χ2n) is 7.19. The molecule has 0 atom stereocenters. The Bertz CT molecular complexity index is 466. The Hall–Kier alpha value is -0.890. The molecule has 0 aliphatic heterocycles. The van der Waals surface area contributed by atoms with Gasteiger partial charge in [-0.15, -0.1) is 0 Å². The Morgan fingerprint density at radius 1 is 1.05 bits per heavy atom. The quantitative estimate of drug-likeness (QED) is 0.881. The van der Waals surface area contributed by atoms with Crippen LogP contribution in [0.2, 0.25) is 0 Å². The van der Waals surface area contributed by atoms with Crippen LogP contribution >= 0.6 is 0 Å². The zero-order chi connectivity index (χ0) is 13.0. The van der Waals surface area contributed by atoms with Crippen LogP contribution in [-0.4, -0.2) is 4.98 Å². The van der Waals surface area contributed by atoms with E-state index in [0.717, 1.165) is 29.6 Å². The molecule has 1 heterocycles. The zero-order valence-corrected chi connectivity index (χ0v) is 11.8. The van der Waals surface area contributed by atoms with Gasteiger partial charge in [0, 0.05) is 18.9 Å². The van der Waals surface area contributed by atoms with E-state index < -0.39 is 0 Å². The van der Waals surface area contributed by atoms with E-state index in [1.807, 2.05) is 12.4 Å². The van der Waals surface area contributed by atoms with Crippen LogP contribution in [0.4, 0.5) is 0 Å². The molecule has 4 fully saturated rings. The van der Waals surface area contributed by atoms with Crippen molar-refractivity contribution in [3.8, 4) is 0 Å². The average Bonchev–Trinajstić information content (AvgIpc) is 2.39. The van der Waals surface area contributed by atoms with Crippen molar-refractivity contribution in [2.75, 3.05) is 0 Å². The van der Waals surface area contributed by atoms with Crippen molar-refractivity contribution in [1.29, 1.82) is 0 Å². The average molecular weight is 256 g/mol. The molecule has 5 rings (SSSR count). The minimum Gasteiger partial charge on any atom is -0.326 e. The van der Waals surface area contributed by atoms with Gasteiger partial charge in [-0.3, -0.25) is 4.98 Å². The van der Waals surface area contributed by atoms with Crippen molar-refractivity contribution in [3.63, 3.8) is 0 Å². The predicted octanol–water partition coefficient (Wildman–Crippen LogP) is 3.39. The second-order valence-corrected chi connectivity index (χ2v) is 7.19. The van der Waals surface area contributed by atoms with Crippen molar-refractivity contribution in [2.24, 2.45) is 29.4 Å². The molecule has 2 N–H and O–H groups in total. The predicted molar refractivity (Wildman–Crippen MR) is 76.7 cm³/mol. The van der Waals surface area contributed by atoms with Crippen molar-refractivity contribution in [2.45, 2.75) is 51.5 Å². The first kappa shape index (κ1) is 11.9. The fraction of sp³-hybridized carbons (Fsp3) is 0.706. The standard InChI is InChI=1S/C17H24N2/c1-10-8-19-9-15(7-18)16(10)17-13-3-11-2-12(5-13)6-14(17)4-11/h8-9,11-14,17H,2-7,18H2,1H3. The molecule has 102 valence electrons. The molecule has 0 unspecified atom stereocenters. The van der Waals surface area contributed by atoms with Crippen LogP contribution in [-0.2, 0) is 6.54 Å². The lowest BCUT2D eigenvalue weighted by Crippen LogP contribution is -2.44. The number of hydrogen-bond donors (Lipinski definition) is 1. The number of nitrogens with zero attached hydrogens (tertiary/aromatic N) is 1. The molecule has 4 saturated carbocycles. The number of aryl methyl sites for hydroxylation is 1. The monoisotopic (exact) mass is 256 g/mol. The lowest BCUT2D eigenvalue weighted by molar-refractivity contribution is -0.00328. The third kappa shape index (κ3) is 1.76. The summed E-state index contributed by atoms with van der Waals surface area (Å²) >= 11 is 0. The van der Waals surface area contributed by atoms with Gasteiger partial charge in [0.2, 0.25) is 0 Å². The summed E-state index contributed by atoms with van der Waals surface area (Å²) in [6, 6.07) is 0. The molecule has 0 amide bonds. The Balaban J connectivity index is 1.77. The summed E-state index contributed by atoms with van der Waals surface area (Å²) in [7, 11) is 0. The number of rotatable bonds is 2. The molecule has 0 spiro atoms. The lowest BCUT2D eigenvalue weighted by Gasteiger charge is -2.55. The highest BCUT2D eigenvalue weighted by Crippen LogP contribution is 2.60. The summed E-state index contributed by atoms with van der Waals surface area (Å²) in [6.07, 6.45) is 11.5. The summed E-state index contributed by atoms with van der Waals surface area (Å²) in [5.74, 6) is 4.74. The van der Waals surface area contributed by atoms with Gasteiger partial charge >= 0.3 is 0 Å². The topological polar surface area (TPSA) is 38.9 Å². The van der Waals surface area contributed by atoms with E-state index in [1.165, 1.54) is 43.2 Å². The second kappa shape index (κ2) is 4.31. The van der Waals surface area contributed by atoms with Crippen LogP contribution in [0.1, 0.15) is 54.7 Å². The highest BCUT2D eigenvalue weighted by molar-refractivity contribution is 5.36. The van der Waals surface area contributed by atoms with Crippen LogP contribution in [0.5, 0.6) is 0 Å². The molecule has 4 aliphatic carbocycles. The van der Waals surface area contributed by atoms with Crippen molar-refractivity contribution < 1.29 is 0 Å². The smallest absolute Gasteiger partial charge is 0.0315 e. The first-order valence-corrected chi connectivity index (χ1v) is 7.89. The largest absolute Gasteiger partial charge is 0.326 e. The maximum Gasteiger partial charge on any atom is 0.0315 e. The van der Waals surface area contributed by atoms with Gasteiger partial charge in [0.1, 0.15) is 0 Å². The molecule has 2 heteroatoms. The van der Waals surface area contributed by atoms with Crippen LogP contribution in [0.3, 0.4) is 0 Å². The van der Waals surface area contributed by atoms with E-state index in [-0.39, 0.29) is 0 Å². The Morgan fingerprint density at radius 2 is 1.68 bits per heavy atom. The summed E-state index contributed by atoms with van der Waals surface area (Å²) in [5, 5.41) is 0. The molecular weight excluding hydrogens is 232 g/mol. The molecule has 4 bridgehead atoms. The molecule has 0 aromatic carbocycles. The molecule has 1 aromatic rings. The fourth-order valence-electron chi connectivity index (χ4n) is 5.67. The van der Waals surface area contributed by atoms with Crippen molar-refractivity contribution in [1.82, 2.24) is 4.98 Å². The minimum atomic E-state index is 0.646. The number of nitrogens with two attached hydrogens (primary N) is 1. The third-order valence-electron chi connectivity index (χ3n) is 6.05. The highest BCUT2D eigenvalue weighted by Gasteiger charge is 2.49. The van der Waals surface area contributed by atoms with Crippen molar-refractivity contribution in [3.05, 3.63) is 29.1 Å². The van der Waals surface area contributed by atoms with E-state index in [9.17, 15) is 0 Å². The molecule has 0 radical (unpaired) electrons. The normalized spacial score (nSPS) is 39.8. The van der Waals surface area contributed by atoms with Crippen LogP contribution in [0.25, 0.3) is 0 Å². The SMILES string of the molecule is Cc1cncc(CN)c1C1C2CC3CC(C2)CC1C3. The fourth-order valence-corrected chi connectivity index (χ4v) is 5.67. The summed E-state index contributed by atoms with van der Waals surface area (Å²) in [4.78, 5) is 4.35. The van der Waals surface area contributed by atoms with E-state index >= 15 is 0 Å². The first-order valence-electron chi connectivity index (χ1n) is 7.89. The Labute approximate surface area is 115 Å². The maximum atomic E-state index is 5.97. The first-order chi connectivity index (χ1) is 9.26. The van der Waals surface area contributed by atoms with Gasteiger partial charge in [0.15, 0.2) is 0 Å². The molecule has 2 nitrogen and oxygen atoms in total. The molecule has 19 heavy (non-hydrogen) atoms. The number of aromatic nitrogens is 1. The van der Waals surface area contributed by atoms with E-state index in [4.69, 9.17) is 5.73 Å². The van der Waals surface area contributed by atoms with Gasteiger partial charge in [0.05, 0.1) is 0 Å². The van der Waals surface area contributed by atoms with Gasteiger partial charge in [-0.1, -0.05) is 0 Å². The Morgan fingerprint density at radius 3 is 2.26 bits per heavy atom. The number of hydrogen-bond acceptors (Lipinski definition) is 2. The zero-order valence-electron chi connectivity index (χ0n) is 11.8. The summed E-state index contributed by atoms with van der Waals surface area (Å²) in [6.45, 7) is 2.87. The van der Waals surface area contributed by atoms with Gasteiger partial charge < -0.3 is 5.73 Å².